The van der Waals surface area contributed by atoms with E-state index in [0.29, 0.717) is 5.41 Å². The lowest BCUT2D eigenvalue weighted by atomic mass is 9.70. The second-order valence-electron chi connectivity index (χ2n) is 5.14. The lowest BCUT2D eigenvalue weighted by Gasteiger charge is -2.35. The van der Waals surface area contributed by atoms with Gasteiger partial charge in [-0.15, -0.1) is 0 Å². The second kappa shape index (κ2) is 6.83. The van der Waals surface area contributed by atoms with Crippen molar-refractivity contribution in [3.8, 4) is 0 Å². The fourth-order valence-electron chi connectivity index (χ4n) is 3.24. The Bertz CT molecular complexity index is 319. The third-order valence-electron chi connectivity index (χ3n) is 4.10. The minimum absolute atomic E-state index is 0.427. The van der Waals surface area contributed by atoms with E-state index in [0.717, 1.165) is 6.42 Å². The summed E-state index contributed by atoms with van der Waals surface area (Å²) in [5, 5.41) is 0. The van der Waals surface area contributed by atoms with Crippen LogP contribution in [0.1, 0.15) is 70.9 Å². The van der Waals surface area contributed by atoms with Crippen LogP contribution in [0.2, 0.25) is 0 Å². The first-order valence-corrected chi connectivity index (χ1v) is 7.32. The first-order valence-electron chi connectivity index (χ1n) is 7.32. The molecule has 96 valence electrons. The van der Waals surface area contributed by atoms with Gasteiger partial charge in [-0.25, -0.2) is 0 Å². The zero-order valence-corrected chi connectivity index (χ0v) is 12.1. The van der Waals surface area contributed by atoms with Crippen molar-refractivity contribution in [2.45, 2.75) is 71.6 Å². The van der Waals surface area contributed by atoms with Crippen LogP contribution >= 0.6 is 0 Å². The molecule has 0 atom stereocenters. The van der Waals surface area contributed by atoms with Crippen LogP contribution in [0.5, 0.6) is 0 Å². The highest BCUT2D eigenvalue weighted by atomic mass is 14.3. The van der Waals surface area contributed by atoms with E-state index in [1.807, 2.05) is 0 Å². The zero-order valence-electron chi connectivity index (χ0n) is 12.1. The third-order valence-corrected chi connectivity index (χ3v) is 4.10. The molecule has 0 aromatic heterocycles. The molecule has 0 N–H and O–H groups in total. The summed E-state index contributed by atoms with van der Waals surface area (Å²) in [7, 11) is 0. The summed E-state index contributed by atoms with van der Waals surface area (Å²) in [6.07, 6.45) is 7.65. The molecule has 1 rings (SSSR count). The van der Waals surface area contributed by atoms with Gasteiger partial charge in [0.2, 0.25) is 0 Å². The highest BCUT2D eigenvalue weighted by molar-refractivity contribution is 5.34. The molecule has 0 amide bonds. The Morgan fingerprint density at radius 3 is 1.94 bits per heavy atom. The lowest BCUT2D eigenvalue weighted by molar-refractivity contribution is 0.341. The summed E-state index contributed by atoms with van der Waals surface area (Å²) >= 11 is 0. The molecule has 0 aliphatic rings. The molecule has 0 aliphatic heterocycles. The molecule has 17 heavy (non-hydrogen) atoms. The third kappa shape index (κ3) is 3.12. The van der Waals surface area contributed by atoms with Crippen molar-refractivity contribution < 1.29 is 0 Å². The molecule has 0 heteroatoms. The van der Waals surface area contributed by atoms with Gasteiger partial charge < -0.3 is 0 Å². The quantitative estimate of drug-likeness (QED) is 0.582. The first kappa shape index (κ1) is 14.3. The van der Waals surface area contributed by atoms with Crippen LogP contribution in [0.4, 0.5) is 0 Å². The Labute approximate surface area is 107 Å². The van der Waals surface area contributed by atoms with Gasteiger partial charge in [-0.2, -0.15) is 0 Å². The molecule has 0 fully saturated rings. The molecule has 0 saturated carbocycles. The minimum Gasteiger partial charge on any atom is -0.0654 e. The van der Waals surface area contributed by atoms with Crippen molar-refractivity contribution in [1.82, 2.24) is 0 Å². The minimum atomic E-state index is 0.427. The van der Waals surface area contributed by atoms with E-state index in [9.17, 15) is 0 Å². The predicted molar refractivity (Wildman–Crippen MR) is 77.6 cm³/mol. The maximum atomic E-state index is 2.37. The number of hydrogen-bond acceptors (Lipinski definition) is 0. The van der Waals surface area contributed by atoms with E-state index in [1.165, 1.54) is 32.1 Å². The van der Waals surface area contributed by atoms with Crippen LogP contribution in [-0.4, -0.2) is 0 Å². The van der Waals surface area contributed by atoms with Crippen LogP contribution < -0.4 is 0 Å². The molecular formula is C17H28. The predicted octanol–water partition coefficient (Wildman–Crippen LogP) is 5.50. The van der Waals surface area contributed by atoms with Gasteiger partial charge in [0.15, 0.2) is 0 Å². The zero-order chi connectivity index (χ0) is 12.7. The summed E-state index contributed by atoms with van der Waals surface area (Å²) in [6, 6.07) is 9.07. The smallest absolute Gasteiger partial charge is 0.00471 e. The van der Waals surface area contributed by atoms with E-state index >= 15 is 0 Å². The Kier molecular flexibility index (Phi) is 5.74. The van der Waals surface area contributed by atoms with Crippen LogP contribution in [0.25, 0.3) is 0 Å². The maximum absolute atomic E-state index is 2.37. The van der Waals surface area contributed by atoms with E-state index in [4.69, 9.17) is 0 Å². The van der Waals surface area contributed by atoms with Crippen molar-refractivity contribution in [2.24, 2.45) is 0 Å². The molecule has 0 heterocycles. The van der Waals surface area contributed by atoms with Gasteiger partial charge in [-0.05, 0) is 42.2 Å². The van der Waals surface area contributed by atoms with Crippen molar-refractivity contribution in [2.75, 3.05) is 0 Å². The SMILES string of the molecule is CCCC(CC)(CCC)c1ccccc1CC. The van der Waals surface area contributed by atoms with E-state index in [1.54, 1.807) is 11.1 Å². The Hall–Kier alpha value is -0.780. The fraction of sp³-hybridized carbons (Fsp3) is 0.647. The number of aryl methyl sites for hydroxylation is 1. The maximum Gasteiger partial charge on any atom is -0.00471 e. The highest BCUT2D eigenvalue weighted by Crippen LogP contribution is 2.39. The van der Waals surface area contributed by atoms with Crippen LogP contribution in [0.3, 0.4) is 0 Å². The molecule has 0 bridgehead atoms. The number of hydrogen-bond donors (Lipinski definition) is 0. The first-order chi connectivity index (χ1) is 8.24. The second-order valence-corrected chi connectivity index (χ2v) is 5.14. The van der Waals surface area contributed by atoms with Crippen molar-refractivity contribution in [3.05, 3.63) is 35.4 Å². The topological polar surface area (TPSA) is 0 Å². The lowest BCUT2D eigenvalue weighted by Crippen LogP contribution is -2.26. The van der Waals surface area contributed by atoms with Crippen LogP contribution in [-0.2, 0) is 11.8 Å². The molecule has 0 unspecified atom stereocenters. The Balaban J connectivity index is 3.18. The van der Waals surface area contributed by atoms with E-state index in [-0.39, 0.29) is 0 Å². The van der Waals surface area contributed by atoms with Gasteiger partial charge in [0.1, 0.15) is 0 Å². The Morgan fingerprint density at radius 1 is 0.882 bits per heavy atom. The summed E-state index contributed by atoms with van der Waals surface area (Å²) in [6.45, 7) is 9.26. The average molecular weight is 232 g/mol. The standard InChI is InChI=1S/C17H28/c1-5-13-17(8-4,14-6-2)16-12-10-9-11-15(16)7-3/h9-12H,5-8,13-14H2,1-4H3. The average Bonchev–Trinajstić information content (AvgIpc) is 2.38. The van der Waals surface area contributed by atoms with Crippen molar-refractivity contribution >= 4 is 0 Å². The molecule has 0 saturated heterocycles. The van der Waals surface area contributed by atoms with Crippen molar-refractivity contribution in [3.63, 3.8) is 0 Å². The molecule has 1 aromatic rings. The van der Waals surface area contributed by atoms with Gasteiger partial charge in [-0.3, -0.25) is 0 Å². The largest absolute Gasteiger partial charge is 0.0654 e. The van der Waals surface area contributed by atoms with Gasteiger partial charge in [-0.1, -0.05) is 64.8 Å². The summed E-state index contributed by atoms with van der Waals surface area (Å²) in [5.41, 5.74) is 3.60. The van der Waals surface area contributed by atoms with Gasteiger partial charge in [0.25, 0.3) is 0 Å². The molecule has 0 radical (unpaired) electrons. The van der Waals surface area contributed by atoms with Gasteiger partial charge in [0, 0.05) is 0 Å². The van der Waals surface area contributed by atoms with Crippen LogP contribution in [0.15, 0.2) is 24.3 Å². The summed E-state index contributed by atoms with van der Waals surface area (Å²) in [4.78, 5) is 0. The Morgan fingerprint density at radius 2 is 1.47 bits per heavy atom. The summed E-state index contributed by atoms with van der Waals surface area (Å²) in [5.74, 6) is 0. The van der Waals surface area contributed by atoms with E-state index in [2.05, 4.69) is 52.0 Å². The molecular weight excluding hydrogens is 204 g/mol. The highest BCUT2D eigenvalue weighted by Gasteiger charge is 2.29. The molecule has 1 aromatic carbocycles. The number of benzene rings is 1. The number of rotatable bonds is 7. The van der Waals surface area contributed by atoms with Gasteiger partial charge >= 0.3 is 0 Å². The van der Waals surface area contributed by atoms with Crippen molar-refractivity contribution in [1.29, 1.82) is 0 Å². The van der Waals surface area contributed by atoms with Gasteiger partial charge in [0.05, 0.1) is 0 Å². The molecule has 0 aliphatic carbocycles. The van der Waals surface area contributed by atoms with Crippen LogP contribution in [0, 0.1) is 0 Å². The normalized spacial score (nSPS) is 11.8. The molecule has 0 spiro atoms. The monoisotopic (exact) mass is 232 g/mol. The van der Waals surface area contributed by atoms with E-state index < -0.39 is 0 Å². The summed E-state index contributed by atoms with van der Waals surface area (Å²) < 4.78 is 0. The molecule has 0 nitrogen and oxygen atoms in total. The fourth-order valence-corrected chi connectivity index (χ4v) is 3.24.